The molecule has 33 heavy (non-hydrogen) atoms. The van der Waals surface area contributed by atoms with E-state index in [0.29, 0.717) is 27.7 Å². The van der Waals surface area contributed by atoms with Gasteiger partial charge in [-0.05, 0) is 56.7 Å². The topological polar surface area (TPSA) is 120 Å². The highest BCUT2D eigenvalue weighted by atomic mass is 35.5. The molecule has 0 saturated carbocycles. The van der Waals surface area contributed by atoms with Crippen LogP contribution in [-0.4, -0.2) is 28.5 Å². The van der Waals surface area contributed by atoms with Crippen LogP contribution < -0.4 is 16.0 Å². The quantitative estimate of drug-likeness (QED) is 0.426. The first-order valence-electron chi connectivity index (χ1n) is 10.0. The minimum Gasteiger partial charge on any atom is -0.369 e. The van der Waals surface area contributed by atoms with Gasteiger partial charge in [-0.25, -0.2) is 27.7 Å². The number of aromatic nitrogens is 3. The van der Waals surface area contributed by atoms with Crippen LogP contribution in [0.2, 0.25) is 5.15 Å². The van der Waals surface area contributed by atoms with Crippen LogP contribution in [0, 0.1) is 0 Å². The van der Waals surface area contributed by atoms with Gasteiger partial charge in [0.05, 0.1) is 16.6 Å². The number of nitrogens with two attached hydrogens (primary N) is 1. The molecule has 0 aliphatic carbocycles. The van der Waals surface area contributed by atoms with Crippen LogP contribution in [0.5, 0.6) is 0 Å². The molecule has 4 aromatic rings. The fourth-order valence-electron chi connectivity index (χ4n) is 3.44. The van der Waals surface area contributed by atoms with Crippen molar-refractivity contribution in [1.29, 1.82) is 0 Å². The third kappa shape index (κ3) is 4.61. The molecule has 2 aromatic heterocycles. The van der Waals surface area contributed by atoms with Gasteiger partial charge in [0.15, 0.2) is 0 Å². The van der Waals surface area contributed by atoms with E-state index in [2.05, 4.69) is 14.7 Å². The second-order valence-electron chi connectivity index (χ2n) is 8.55. The molecule has 0 aliphatic rings. The van der Waals surface area contributed by atoms with E-state index in [4.69, 9.17) is 17.3 Å². The molecule has 0 aliphatic heterocycles. The van der Waals surface area contributed by atoms with Gasteiger partial charge < -0.3 is 5.73 Å². The van der Waals surface area contributed by atoms with Crippen LogP contribution in [0.4, 0.5) is 5.95 Å². The van der Waals surface area contributed by atoms with Crippen molar-refractivity contribution in [3.63, 3.8) is 0 Å². The lowest BCUT2D eigenvalue weighted by Crippen LogP contribution is -2.40. The summed E-state index contributed by atoms with van der Waals surface area (Å²) >= 11 is 6.12. The predicted molar refractivity (Wildman–Crippen MR) is 130 cm³/mol. The van der Waals surface area contributed by atoms with Gasteiger partial charge in [0, 0.05) is 17.3 Å². The first kappa shape index (κ1) is 22.9. The van der Waals surface area contributed by atoms with E-state index in [-0.39, 0.29) is 21.6 Å². The zero-order valence-electron chi connectivity index (χ0n) is 18.2. The van der Waals surface area contributed by atoms with Crippen molar-refractivity contribution in [2.24, 2.45) is 0 Å². The van der Waals surface area contributed by atoms with Crippen LogP contribution in [-0.2, 0) is 10.0 Å². The van der Waals surface area contributed by atoms with Crippen molar-refractivity contribution < 1.29 is 8.42 Å². The summed E-state index contributed by atoms with van der Waals surface area (Å²) in [6.45, 7) is 5.20. The largest absolute Gasteiger partial charge is 0.369 e. The third-order valence-electron chi connectivity index (χ3n) is 4.78. The highest BCUT2D eigenvalue weighted by Gasteiger charge is 2.25. The molecule has 0 amide bonds. The lowest BCUT2D eigenvalue weighted by atomic mass is 10.1. The van der Waals surface area contributed by atoms with E-state index >= 15 is 0 Å². The van der Waals surface area contributed by atoms with E-state index in [0.717, 1.165) is 0 Å². The maximum atomic E-state index is 13.3. The maximum absolute atomic E-state index is 13.3. The van der Waals surface area contributed by atoms with E-state index in [1.807, 2.05) is 6.07 Å². The summed E-state index contributed by atoms with van der Waals surface area (Å²) in [6, 6.07) is 15.4. The highest BCUT2D eigenvalue weighted by molar-refractivity contribution is 7.89. The first-order valence-corrected chi connectivity index (χ1v) is 11.9. The number of nitrogens with zero attached hydrogens (tertiary/aromatic N) is 3. The third-order valence-corrected chi connectivity index (χ3v) is 6.96. The van der Waals surface area contributed by atoms with Gasteiger partial charge in [0.1, 0.15) is 10.0 Å². The molecule has 8 nitrogen and oxygen atoms in total. The summed E-state index contributed by atoms with van der Waals surface area (Å²) in [5.41, 5.74) is 7.11. The number of halogens is 1. The normalized spacial score (nSPS) is 12.2. The molecular weight excluding hydrogens is 462 g/mol. The summed E-state index contributed by atoms with van der Waals surface area (Å²) in [7, 11) is -3.92. The molecule has 4 rings (SSSR count). The molecule has 170 valence electrons. The molecule has 0 atom stereocenters. The van der Waals surface area contributed by atoms with Gasteiger partial charge in [0.2, 0.25) is 16.0 Å². The Morgan fingerprint density at radius 2 is 1.73 bits per heavy atom. The summed E-state index contributed by atoms with van der Waals surface area (Å²) in [4.78, 5) is 21.5. The molecular formula is C23H22ClN5O3S. The number of anilines is 1. The number of para-hydroxylation sites is 1. The standard InChI is InChI=1S/C23H22ClN5O3S/c1-23(2,3)28-33(31,32)19-12-15(13-26-20(19)24)14-9-10-18-17(11-14)21(30)29(22(25)27-18)16-7-5-4-6-8-16/h4-13,28H,1-3H3,(H2,25,27). The molecule has 2 heterocycles. The Morgan fingerprint density at radius 3 is 2.39 bits per heavy atom. The molecule has 2 aromatic carbocycles. The Labute approximate surface area is 196 Å². The number of nitrogen functional groups attached to an aromatic ring is 1. The van der Waals surface area contributed by atoms with E-state index in [9.17, 15) is 13.2 Å². The van der Waals surface area contributed by atoms with Gasteiger partial charge in [-0.1, -0.05) is 35.9 Å². The predicted octanol–water partition coefficient (Wildman–Crippen LogP) is 3.76. The molecule has 0 unspecified atom stereocenters. The molecule has 10 heteroatoms. The van der Waals surface area contributed by atoms with Crippen molar-refractivity contribution in [3.8, 4) is 16.8 Å². The molecule has 0 spiro atoms. The molecule has 3 N–H and O–H groups in total. The fraction of sp³-hybridized carbons (Fsp3) is 0.174. The van der Waals surface area contributed by atoms with Gasteiger partial charge >= 0.3 is 0 Å². The van der Waals surface area contributed by atoms with Crippen LogP contribution >= 0.6 is 11.6 Å². The zero-order chi connectivity index (χ0) is 24.0. The summed E-state index contributed by atoms with van der Waals surface area (Å²) in [5, 5.41) is 0.190. The Bertz CT molecular complexity index is 1530. The van der Waals surface area contributed by atoms with Crippen molar-refractivity contribution in [2.45, 2.75) is 31.2 Å². The van der Waals surface area contributed by atoms with Crippen molar-refractivity contribution >= 4 is 38.5 Å². The van der Waals surface area contributed by atoms with Crippen molar-refractivity contribution in [1.82, 2.24) is 19.3 Å². The Morgan fingerprint density at radius 1 is 1.03 bits per heavy atom. The van der Waals surface area contributed by atoms with Gasteiger partial charge in [0.25, 0.3) is 5.56 Å². The van der Waals surface area contributed by atoms with Crippen LogP contribution in [0.15, 0.2) is 70.5 Å². The maximum Gasteiger partial charge on any atom is 0.267 e. The zero-order valence-corrected chi connectivity index (χ0v) is 19.8. The van der Waals surface area contributed by atoms with Crippen LogP contribution in [0.25, 0.3) is 27.7 Å². The number of pyridine rings is 1. The lowest BCUT2D eigenvalue weighted by molar-refractivity contribution is 0.491. The van der Waals surface area contributed by atoms with E-state index in [1.54, 1.807) is 63.2 Å². The Hall–Kier alpha value is -3.27. The monoisotopic (exact) mass is 483 g/mol. The van der Waals surface area contributed by atoms with Gasteiger partial charge in [-0.3, -0.25) is 4.79 Å². The average Bonchev–Trinajstić information content (AvgIpc) is 2.73. The number of fused-ring (bicyclic) bond motifs is 1. The van der Waals surface area contributed by atoms with E-state index < -0.39 is 15.6 Å². The smallest absolute Gasteiger partial charge is 0.267 e. The van der Waals surface area contributed by atoms with Crippen molar-refractivity contribution in [3.05, 3.63) is 76.3 Å². The fourth-order valence-corrected chi connectivity index (χ4v) is 5.32. The SMILES string of the molecule is CC(C)(C)NS(=O)(=O)c1cc(-c2ccc3nc(N)n(-c4ccccc4)c(=O)c3c2)cnc1Cl. The van der Waals surface area contributed by atoms with Crippen LogP contribution in [0.1, 0.15) is 20.8 Å². The summed E-state index contributed by atoms with van der Waals surface area (Å²) in [5.74, 6) is 0.0706. The minimum absolute atomic E-state index is 0.0706. The second-order valence-corrected chi connectivity index (χ2v) is 10.6. The molecule has 0 fully saturated rings. The number of rotatable bonds is 4. The number of sulfonamides is 1. The highest BCUT2D eigenvalue weighted by Crippen LogP contribution is 2.28. The summed E-state index contributed by atoms with van der Waals surface area (Å²) < 4.78 is 29.6. The molecule has 0 radical (unpaired) electrons. The lowest BCUT2D eigenvalue weighted by Gasteiger charge is -2.20. The summed E-state index contributed by atoms with van der Waals surface area (Å²) in [6.07, 6.45) is 1.46. The van der Waals surface area contributed by atoms with Gasteiger partial charge in [-0.2, -0.15) is 0 Å². The average molecular weight is 484 g/mol. The number of nitrogens with one attached hydrogen (secondary N) is 1. The second kappa shape index (κ2) is 8.26. The van der Waals surface area contributed by atoms with Crippen molar-refractivity contribution in [2.75, 3.05) is 5.73 Å². The minimum atomic E-state index is -3.92. The number of hydrogen-bond donors (Lipinski definition) is 2. The number of hydrogen-bond acceptors (Lipinski definition) is 6. The molecule has 0 saturated heterocycles. The number of benzene rings is 2. The molecule has 0 bridgehead atoms. The Balaban J connectivity index is 1.87. The Kier molecular flexibility index (Phi) is 5.73. The van der Waals surface area contributed by atoms with E-state index in [1.165, 1.54) is 16.8 Å². The first-order chi connectivity index (χ1) is 15.5. The van der Waals surface area contributed by atoms with Gasteiger partial charge in [-0.15, -0.1) is 0 Å². The van der Waals surface area contributed by atoms with Crippen LogP contribution in [0.3, 0.4) is 0 Å².